The largest absolute Gasteiger partial charge is 0.417 e. The summed E-state index contributed by atoms with van der Waals surface area (Å²) in [6, 6.07) is 0.825. The van der Waals surface area contributed by atoms with Crippen LogP contribution in [-0.4, -0.2) is 25.6 Å². The molecule has 0 bridgehead atoms. The van der Waals surface area contributed by atoms with E-state index in [1.54, 1.807) is 0 Å². The molecule has 0 N–H and O–H groups in total. The lowest BCUT2D eigenvalue weighted by Crippen LogP contribution is -2.21. The van der Waals surface area contributed by atoms with Gasteiger partial charge in [-0.2, -0.15) is 13.2 Å². The second-order valence-electron chi connectivity index (χ2n) is 5.07. The Bertz CT molecular complexity index is 731. The van der Waals surface area contributed by atoms with Gasteiger partial charge in [-0.1, -0.05) is 29.8 Å². The predicted molar refractivity (Wildman–Crippen MR) is 76.1 cm³/mol. The Kier molecular flexibility index (Phi) is 4.07. The smallest absolute Gasteiger partial charge is 0.298 e. The van der Waals surface area contributed by atoms with Crippen molar-refractivity contribution in [3.05, 3.63) is 22.8 Å². The summed E-state index contributed by atoms with van der Waals surface area (Å²) in [4.78, 5) is 11.9. The molecule has 4 nitrogen and oxygen atoms in total. The van der Waals surface area contributed by atoms with E-state index < -0.39 is 11.7 Å². The number of aromatic nitrogens is 3. The molecule has 118 valence electrons. The highest BCUT2D eigenvalue weighted by Gasteiger charge is 2.33. The molecule has 0 aliphatic heterocycles. The minimum atomic E-state index is -4.51. The van der Waals surface area contributed by atoms with Crippen molar-refractivity contribution in [3.63, 3.8) is 0 Å². The van der Waals surface area contributed by atoms with Gasteiger partial charge < -0.3 is 0 Å². The first-order chi connectivity index (χ1) is 10.4. The molecule has 2 aromatic rings. The second-order valence-corrected chi connectivity index (χ2v) is 6.65. The Labute approximate surface area is 133 Å². The van der Waals surface area contributed by atoms with Gasteiger partial charge in [0.1, 0.15) is 5.78 Å². The van der Waals surface area contributed by atoms with Crippen LogP contribution >= 0.6 is 23.4 Å². The van der Waals surface area contributed by atoms with Gasteiger partial charge >= 0.3 is 6.18 Å². The molecule has 0 amide bonds. The van der Waals surface area contributed by atoms with Crippen LogP contribution in [0.2, 0.25) is 5.02 Å². The Morgan fingerprint density at radius 2 is 2.09 bits per heavy atom. The van der Waals surface area contributed by atoms with Crippen molar-refractivity contribution < 1.29 is 18.0 Å². The SMILES string of the molecule is O=C1CCCCC1Sc1nnc2c(Cl)cc(C(F)(F)F)cn12. The maximum absolute atomic E-state index is 12.9. The van der Waals surface area contributed by atoms with Crippen molar-refractivity contribution in [3.8, 4) is 0 Å². The Morgan fingerprint density at radius 1 is 1.32 bits per heavy atom. The highest BCUT2D eigenvalue weighted by Crippen LogP contribution is 2.35. The molecule has 22 heavy (non-hydrogen) atoms. The molecule has 0 spiro atoms. The van der Waals surface area contributed by atoms with Crippen LogP contribution in [0.15, 0.2) is 17.4 Å². The number of hydrogen-bond acceptors (Lipinski definition) is 4. The quantitative estimate of drug-likeness (QED) is 0.822. The number of pyridine rings is 1. The topological polar surface area (TPSA) is 47.3 Å². The molecular formula is C13H11ClF3N3OS. The van der Waals surface area contributed by atoms with E-state index in [1.165, 1.54) is 4.40 Å². The van der Waals surface area contributed by atoms with Crippen LogP contribution in [0.1, 0.15) is 31.2 Å². The monoisotopic (exact) mass is 349 g/mol. The first kappa shape index (κ1) is 15.6. The minimum Gasteiger partial charge on any atom is -0.298 e. The molecule has 1 atom stereocenters. The number of ketones is 1. The molecule has 1 aliphatic carbocycles. The van der Waals surface area contributed by atoms with Crippen molar-refractivity contribution in [2.24, 2.45) is 0 Å². The summed E-state index contributed by atoms with van der Waals surface area (Å²) in [6.07, 6.45) is -0.606. The number of thioether (sulfide) groups is 1. The molecule has 1 unspecified atom stereocenters. The fraction of sp³-hybridized carbons (Fsp3) is 0.462. The molecule has 9 heteroatoms. The maximum atomic E-state index is 12.9. The van der Waals surface area contributed by atoms with E-state index in [0.717, 1.165) is 36.9 Å². The van der Waals surface area contributed by atoms with E-state index in [-0.39, 0.29) is 26.9 Å². The van der Waals surface area contributed by atoms with Gasteiger partial charge in [-0.3, -0.25) is 9.20 Å². The van der Waals surface area contributed by atoms with Gasteiger partial charge in [0.25, 0.3) is 0 Å². The van der Waals surface area contributed by atoms with Gasteiger partial charge in [0.05, 0.1) is 15.8 Å². The fourth-order valence-corrected chi connectivity index (χ4v) is 3.75. The van der Waals surface area contributed by atoms with E-state index in [2.05, 4.69) is 10.2 Å². The van der Waals surface area contributed by atoms with Crippen LogP contribution in [0.5, 0.6) is 0 Å². The van der Waals surface area contributed by atoms with E-state index in [4.69, 9.17) is 11.6 Å². The van der Waals surface area contributed by atoms with Gasteiger partial charge in [-0.15, -0.1) is 10.2 Å². The number of hydrogen-bond donors (Lipinski definition) is 0. The fourth-order valence-electron chi connectivity index (χ4n) is 2.37. The third-order valence-electron chi connectivity index (χ3n) is 3.50. The number of carbonyl (C=O) groups is 1. The van der Waals surface area contributed by atoms with Gasteiger partial charge in [-0.05, 0) is 18.9 Å². The predicted octanol–water partition coefficient (Wildman–Crippen LogP) is 4.01. The summed E-state index contributed by atoms with van der Waals surface area (Å²) in [5.41, 5.74) is -0.720. The molecule has 1 saturated carbocycles. The summed E-state index contributed by atoms with van der Waals surface area (Å²) in [5, 5.41) is 7.54. The number of rotatable bonds is 2. The Morgan fingerprint density at radius 3 is 2.77 bits per heavy atom. The summed E-state index contributed by atoms with van der Waals surface area (Å²) >= 11 is 7.00. The zero-order valence-electron chi connectivity index (χ0n) is 11.2. The molecule has 0 aromatic carbocycles. The number of halogens is 4. The molecule has 3 rings (SSSR count). The molecule has 0 radical (unpaired) electrons. The number of alkyl halides is 3. The summed E-state index contributed by atoms with van der Waals surface area (Å²) in [5.74, 6) is 0.103. The third kappa shape index (κ3) is 2.94. The zero-order chi connectivity index (χ0) is 15.9. The Hall–Kier alpha value is -1.28. The van der Waals surface area contributed by atoms with Gasteiger partial charge in [0.2, 0.25) is 0 Å². The first-order valence-electron chi connectivity index (χ1n) is 6.67. The van der Waals surface area contributed by atoms with E-state index in [0.29, 0.717) is 12.8 Å². The lowest BCUT2D eigenvalue weighted by Gasteiger charge is -2.18. The maximum Gasteiger partial charge on any atom is 0.417 e. The van der Waals surface area contributed by atoms with Crippen LogP contribution < -0.4 is 0 Å². The molecule has 1 fully saturated rings. The third-order valence-corrected chi connectivity index (χ3v) is 5.05. The minimum absolute atomic E-state index is 0.103. The average Bonchev–Trinajstić information content (AvgIpc) is 2.84. The number of nitrogens with zero attached hydrogens (tertiary/aromatic N) is 3. The average molecular weight is 350 g/mol. The van der Waals surface area contributed by atoms with Gasteiger partial charge in [-0.25, -0.2) is 0 Å². The molecule has 2 heterocycles. The van der Waals surface area contributed by atoms with Crippen LogP contribution in [0.25, 0.3) is 5.65 Å². The van der Waals surface area contributed by atoms with E-state index in [1.807, 2.05) is 0 Å². The summed E-state index contributed by atoms with van der Waals surface area (Å²) in [7, 11) is 0. The molecular weight excluding hydrogens is 339 g/mol. The molecule has 2 aromatic heterocycles. The summed E-state index contributed by atoms with van der Waals surface area (Å²) < 4.78 is 39.8. The van der Waals surface area contributed by atoms with Crippen LogP contribution in [0.4, 0.5) is 13.2 Å². The zero-order valence-corrected chi connectivity index (χ0v) is 12.8. The van der Waals surface area contributed by atoms with E-state index in [9.17, 15) is 18.0 Å². The lowest BCUT2D eigenvalue weighted by atomic mass is 9.99. The molecule has 1 aliphatic rings. The van der Waals surface area contributed by atoms with Crippen molar-refractivity contribution in [2.75, 3.05) is 0 Å². The summed E-state index contributed by atoms with van der Waals surface area (Å²) in [6.45, 7) is 0. The number of fused-ring (bicyclic) bond motifs is 1. The highest BCUT2D eigenvalue weighted by molar-refractivity contribution is 8.00. The van der Waals surface area contributed by atoms with E-state index >= 15 is 0 Å². The second kappa shape index (κ2) is 5.73. The van der Waals surface area contributed by atoms with Crippen LogP contribution in [-0.2, 0) is 11.0 Å². The van der Waals surface area contributed by atoms with Crippen LogP contribution in [0.3, 0.4) is 0 Å². The van der Waals surface area contributed by atoms with Crippen LogP contribution in [0, 0.1) is 0 Å². The van der Waals surface area contributed by atoms with Crippen molar-refractivity contribution in [1.82, 2.24) is 14.6 Å². The van der Waals surface area contributed by atoms with Crippen molar-refractivity contribution in [2.45, 2.75) is 42.3 Å². The Balaban J connectivity index is 1.99. The standard InChI is InChI=1S/C13H11ClF3N3OS/c14-8-5-7(13(15,16)17)6-20-11(8)18-19-12(20)22-10-4-2-1-3-9(10)21/h5-6,10H,1-4H2. The first-order valence-corrected chi connectivity index (χ1v) is 7.93. The lowest BCUT2D eigenvalue weighted by molar-refractivity contribution is -0.137. The molecule has 0 saturated heterocycles. The van der Waals surface area contributed by atoms with Gasteiger partial charge in [0, 0.05) is 12.6 Å². The number of Topliss-reactive ketones (excluding diaryl/α,β-unsaturated/α-hetero) is 1. The van der Waals surface area contributed by atoms with Crippen molar-refractivity contribution in [1.29, 1.82) is 0 Å². The normalized spacial score (nSPS) is 19.8. The van der Waals surface area contributed by atoms with Crippen molar-refractivity contribution >= 4 is 34.8 Å². The highest BCUT2D eigenvalue weighted by atomic mass is 35.5. The number of carbonyl (C=O) groups excluding carboxylic acids is 1. The van der Waals surface area contributed by atoms with Gasteiger partial charge in [0.15, 0.2) is 10.8 Å².